The van der Waals surface area contributed by atoms with Crippen molar-refractivity contribution in [1.82, 2.24) is 5.32 Å². The number of benzene rings is 2. The van der Waals surface area contributed by atoms with Crippen LogP contribution in [0.25, 0.3) is 0 Å². The van der Waals surface area contributed by atoms with Gasteiger partial charge in [0.05, 0.1) is 7.11 Å². The van der Waals surface area contributed by atoms with E-state index >= 15 is 0 Å². The van der Waals surface area contributed by atoms with Crippen LogP contribution in [0.2, 0.25) is 0 Å². The molecule has 0 saturated heterocycles. The molecule has 0 fully saturated rings. The Bertz CT molecular complexity index is 1070. The number of methoxy groups -OCH3 is 1. The van der Waals surface area contributed by atoms with Crippen molar-refractivity contribution in [3.63, 3.8) is 0 Å². The average Bonchev–Trinajstić information content (AvgIpc) is 2.86. The topological polar surface area (TPSA) is 98.5 Å². The SMILES string of the molecule is C=CCC(CCC)(C(N)=O)P(C)(=O)Sc1ccc(CC[C@@H](C)CNC(=O)c2ccc(OC)cc2)cc1. The first-order valence-corrected chi connectivity index (χ1v) is 15.8. The zero-order chi connectivity index (χ0) is 26.8. The fraction of sp³-hybridized carbons (Fsp3) is 0.429. The van der Waals surface area contributed by atoms with Gasteiger partial charge < -0.3 is 20.4 Å². The molecule has 2 aromatic carbocycles. The quantitative estimate of drug-likeness (QED) is 0.208. The summed E-state index contributed by atoms with van der Waals surface area (Å²) in [6, 6.07) is 15.0. The lowest BCUT2D eigenvalue weighted by atomic mass is 9.98. The summed E-state index contributed by atoms with van der Waals surface area (Å²) < 4.78 is 18.9. The Hall–Kier alpha value is -2.50. The summed E-state index contributed by atoms with van der Waals surface area (Å²) in [5.41, 5.74) is 7.53. The van der Waals surface area contributed by atoms with Crippen LogP contribution < -0.4 is 15.8 Å². The fourth-order valence-electron chi connectivity index (χ4n) is 4.18. The highest BCUT2D eigenvalue weighted by atomic mass is 32.7. The lowest BCUT2D eigenvalue weighted by Crippen LogP contribution is -2.42. The molecule has 2 rings (SSSR count). The zero-order valence-electron chi connectivity index (χ0n) is 21.8. The second-order valence-electron chi connectivity index (χ2n) is 9.30. The van der Waals surface area contributed by atoms with Gasteiger partial charge in [-0.3, -0.25) is 9.59 Å². The number of ether oxygens (including phenoxy) is 1. The maximum atomic E-state index is 13.8. The Morgan fingerprint density at radius 1 is 1.19 bits per heavy atom. The predicted molar refractivity (Wildman–Crippen MR) is 150 cm³/mol. The van der Waals surface area contributed by atoms with Crippen molar-refractivity contribution in [2.45, 2.75) is 56.0 Å². The third kappa shape index (κ3) is 7.75. The Labute approximate surface area is 219 Å². The van der Waals surface area contributed by atoms with Crippen LogP contribution in [0.1, 0.15) is 55.5 Å². The predicted octanol–water partition coefficient (Wildman–Crippen LogP) is 6.29. The first-order chi connectivity index (χ1) is 17.1. The van der Waals surface area contributed by atoms with Gasteiger partial charge >= 0.3 is 0 Å². The van der Waals surface area contributed by atoms with Gasteiger partial charge in [0, 0.05) is 17.0 Å². The van der Waals surface area contributed by atoms with Crippen LogP contribution in [0, 0.1) is 5.92 Å². The number of nitrogens with one attached hydrogen (secondary N) is 1. The van der Waals surface area contributed by atoms with Gasteiger partial charge in [-0.25, -0.2) is 0 Å². The molecule has 2 unspecified atom stereocenters. The summed E-state index contributed by atoms with van der Waals surface area (Å²) in [5, 5.41) is 1.91. The van der Waals surface area contributed by atoms with Gasteiger partial charge in [0.2, 0.25) is 5.91 Å². The smallest absolute Gasteiger partial charge is 0.251 e. The Kier molecular flexibility index (Phi) is 11.3. The number of hydrogen-bond acceptors (Lipinski definition) is 5. The molecule has 0 heterocycles. The summed E-state index contributed by atoms with van der Waals surface area (Å²) in [6.45, 7) is 10.1. The highest BCUT2D eigenvalue weighted by molar-refractivity contribution is 8.58. The number of primary amides is 1. The van der Waals surface area contributed by atoms with Gasteiger partial charge in [0.15, 0.2) is 6.34 Å². The number of rotatable bonds is 15. The highest BCUT2D eigenvalue weighted by Crippen LogP contribution is 2.70. The molecule has 3 atom stereocenters. The number of carbonyl (C=O) groups is 2. The number of amides is 2. The van der Waals surface area contributed by atoms with Crippen molar-refractivity contribution in [2.24, 2.45) is 11.7 Å². The van der Waals surface area contributed by atoms with E-state index in [-0.39, 0.29) is 5.91 Å². The van der Waals surface area contributed by atoms with E-state index in [1.807, 2.05) is 31.2 Å². The summed E-state index contributed by atoms with van der Waals surface area (Å²) >= 11 is 1.26. The first kappa shape index (κ1) is 29.7. The second kappa shape index (κ2) is 13.7. The monoisotopic (exact) mass is 530 g/mol. The molecule has 196 valence electrons. The number of aryl methyl sites for hydroxylation is 1. The molecule has 36 heavy (non-hydrogen) atoms. The van der Waals surface area contributed by atoms with E-state index in [4.69, 9.17) is 10.5 Å². The minimum Gasteiger partial charge on any atom is -0.497 e. The minimum atomic E-state index is -3.02. The molecule has 0 saturated carbocycles. The molecule has 8 heteroatoms. The van der Waals surface area contributed by atoms with Crippen LogP contribution in [0.15, 0.2) is 66.1 Å². The molecule has 0 aliphatic heterocycles. The lowest BCUT2D eigenvalue weighted by molar-refractivity contribution is -0.120. The maximum absolute atomic E-state index is 13.8. The molecule has 0 spiro atoms. The van der Waals surface area contributed by atoms with E-state index in [1.54, 1.807) is 44.1 Å². The molecular weight excluding hydrogens is 491 g/mol. The number of nitrogens with two attached hydrogens (primary N) is 1. The largest absolute Gasteiger partial charge is 0.497 e. The minimum absolute atomic E-state index is 0.0959. The van der Waals surface area contributed by atoms with Crippen molar-refractivity contribution in [3.8, 4) is 5.75 Å². The van der Waals surface area contributed by atoms with Crippen molar-refractivity contribution >= 4 is 29.5 Å². The molecule has 2 aromatic rings. The number of allylic oxidation sites excluding steroid dienone is 1. The van der Waals surface area contributed by atoms with E-state index < -0.39 is 17.4 Å². The van der Waals surface area contributed by atoms with Gasteiger partial charge in [-0.15, -0.1) is 6.58 Å². The summed E-state index contributed by atoms with van der Waals surface area (Å²) in [6.07, 6.45) is 1.90. The van der Waals surface area contributed by atoms with Crippen LogP contribution >= 0.6 is 17.7 Å². The molecule has 0 radical (unpaired) electrons. The fourth-order valence-corrected chi connectivity index (χ4v) is 9.37. The van der Waals surface area contributed by atoms with Gasteiger partial charge in [-0.2, -0.15) is 0 Å². The van der Waals surface area contributed by atoms with E-state index in [9.17, 15) is 14.2 Å². The molecular formula is C28H39N2O4PS. The van der Waals surface area contributed by atoms with E-state index in [1.165, 1.54) is 16.9 Å². The van der Waals surface area contributed by atoms with E-state index in [0.29, 0.717) is 37.3 Å². The summed E-state index contributed by atoms with van der Waals surface area (Å²) in [7, 11) is 1.59. The van der Waals surface area contributed by atoms with Crippen LogP contribution in [-0.2, 0) is 15.8 Å². The van der Waals surface area contributed by atoms with Crippen molar-refractivity contribution in [2.75, 3.05) is 20.3 Å². The molecule has 3 N–H and O–H groups in total. The number of carbonyl (C=O) groups excluding carboxylic acids is 2. The summed E-state index contributed by atoms with van der Waals surface area (Å²) in [5.74, 6) is 0.408. The standard InChI is InChI=1S/C28H39N2O4PS/c1-6-18-28(19-7-2,27(29)32)35(5,33)36-25-16-10-22(11-17-25)9-8-21(3)20-30-26(31)23-12-14-24(34-4)15-13-23/h6,10-17,21H,1,7-9,18-20H2,2-5H3,(H2,29,32)(H,30,31)/t21-,28?,35?/m1/s1. The van der Waals surface area contributed by atoms with Crippen LogP contribution in [0.3, 0.4) is 0 Å². The normalized spacial score (nSPS) is 15.2. The summed E-state index contributed by atoms with van der Waals surface area (Å²) in [4.78, 5) is 25.6. The van der Waals surface area contributed by atoms with Crippen molar-refractivity contribution in [3.05, 3.63) is 72.3 Å². The van der Waals surface area contributed by atoms with Crippen LogP contribution in [0.4, 0.5) is 0 Å². The van der Waals surface area contributed by atoms with Gasteiger partial charge in [-0.05, 0) is 80.2 Å². The third-order valence-electron chi connectivity index (χ3n) is 6.47. The average molecular weight is 531 g/mol. The lowest BCUT2D eigenvalue weighted by Gasteiger charge is -2.35. The zero-order valence-corrected chi connectivity index (χ0v) is 23.5. The first-order valence-electron chi connectivity index (χ1n) is 12.3. The van der Waals surface area contributed by atoms with Crippen molar-refractivity contribution < 1.29 is 18.9 Å². The Morgan fingerprint density at radius 2 is 1.83 bits per heavy atom. The van der Waals surface area contributed by atoms with Crippen LogP contribution in [0.5, 0.6) is 5.75 Å². The highest BCUT2D eigenvalue weighted by Gasteiger charge is 2.49. The number of hydrogen-bond donors (Lipinski definition) is 2. The Morgan fingerprint density at radius 3 is 2.36 bits per heavy atom. The van der Waals surface area contributed by atoms with Gasteiger partial charge in [0.1, 0.15) is 10.9 Å². The van der Waals surface area contributed by atoms with Gasteiger partial charge in [-0.1, -0.05) is 49.9 Å². The molecule has 0 aliphatic carbocycles. The van der Waals surface area contributed by atoms with E-state index in [2.05, 4.69) is 18.8 Å². The molecule has 2 amide bonds. The van der Waals surface area contributed by atoms with E-state index in [0.717, 1.165) is 23.5 Å². The van der Waals surface area contributed by atoms with Gasteiger partial charge in [0.25, 0.3) is 5.91 Å². The second-order valence-corrected chi connectivity index (χ2v) is 15.1. The third-order valence-corrected chi connectivity index (χ3v) is 12.2. The molecule has 0 aromatic heterocycles. The molecule has 0 bridgehead atoms. The van der Waals surface area contributed by atoms with Crippen LogP contribution in [-0.4, -0.2) is 37.3 Å². The van der Waals surface area contributed by atoms with Crippen molar-refractivity contribution in [1.29, 1.82) is 0 Å². The Balaban J connectivity index is 1.92. The molecule has 6 nitrogen and oxygen atoms in total. The maximum Gasteiger partial charge on any atom is 0.251 e. The molecule has 0 aliphatic rings.